The molecule has 5 nitrogen and oxygen atoms in total. The van der Waals surface area contributed by atoms with Crippen LogP contribution in [0.15, 0.2) is 23.1 Å². The van der Waals surface area contributed by atoms with Gasteiger partial charge in [0, 0.05) is 14.1 Å². The summed E-state index contributed by atoms with van der Waals surface area (Å²) in [5.74, 6) is 0.574. The number of nitrogen functional groups attached to an aromatic ring is 1. The normalized spacial score (nSPS) is 17.0. The molecule has 1 aromatic rings. The van der Waals surface area contributed by atoms with Crippen molar-refractivity contribution in [2.45, 2.75) is 36.7 Å². The molecular weight excluding hydrogens is 264 g/mol. The van der Waals surface area contributed by atoms with E-state index in [1.54, 1.807) is 6.07 Å². The standard InChI is InChI=1S/C13H20N2O3S/c1-15(2)19(16,17)11-7-8-13(12(14)9-11)18-10-5-3-4-6-10/h7-10H,3-6,14H2,1-2H3. The molecule has 1 aliphatic rings. The van der Waals surface area contributed by atoms with E-state index in [2.05, 4.69) is 0 Å². The highest BCUT2D eigenvalue weighted by molar-refractivity contribution is 7.89. The molecule has 2 rings (SSSR count). The molecule has 0 aliphatic heterocycles. The summed E-state index contributed by atoms with van der Waals surface area (Å²) in [5.41, 5.74) is 6.26. The van der Waals surface area contributed by atoms with Gasteiger partial charge in [0.05, 0.1) is 16.7 Å². The van der Waals surface area contributed by atoms with Crippen molar-refractivity contribution in [3.05, 3.63) is 18.2 Å². The van der Waals surface area contributed by atoms with Gasteiger partial charge in [0.15, 0.2) is 0 Å². The number of sulfonamides is 1. The minimum Gasteiger partial charge on any atom is -0.488 e. The zero-order valence-electron chi connectivity index (χ0n) is 11.3. The van der Waals surface area contributed by atoms with Gasteiger partial charge in [-0.25, -0.2) is 12.7 Å². The molecule has 0 atom stereocenters. The number of hydrogen-bond acceptors (Lipinski definition) is 4. The summed E-state index contributed by atoms with van der Waals surface area (Å²) < 4.78 is 30.9. The van der Waals surface area contributed by atoms with Crippen molar-refractivity contribution in [2.75, 3.05) is 19.8 Å². The molecule has 1 aliphatic carbocycles. The number of rotatable bonds is 4. The molecule has 2 N–H and O–H groups in total. The molecule has 0 saturated heterocycles. The van der Waals surface area contributed by atoms with Crippen LogP contribution in [0.5, 0.6) is 5.75 Å². The SMILES string of the molecule is CN(C)S(=O)(=O)c1ccc(OC2CCCC2)c(N)c1. The summed E-state index contributed by atoms with van der Waals surface area (Å²) in [6, 6.07) is 4.64. The summed E-state index contributed by atoms with van der Waals surface area (Å²) in [6.07, 6.45) is 4.64. The molecule has 1 saturated carbocycles. The van der Waals surface area contributed by atoms with Crippen molar-refractivity contribution in [3.8, 4) is 5.75 Å². The van der Waals surface area contributed by atoms with Crippen molar-refractivity contribution in [1.82, 2.24) is 4.31 Å². The summed E-state index contributed by atoms with van der Waals surface area (Å²) in [4.78, 5) is 0.189. The van der Waals surface area contributed by atoms with Gasteiger partial charge in [0.25, 0.3) is 0 Å². The van der Waals surface area contributed by atoms with E-state index in [9.17, 15) is 8.42 Å². The van der Waals surface area contributed by atoms with Crippen LogP contribution in [0.2, 0.25) is 0 Å². The smallest absolute Gasteiger partial charge is 0.242 e. The summed E-state index contributed by atoms with van der Waals surface area (Å²) >= 11 is 0. The van der Waals surface area contributed by atoms with Gasteiger partial charge in [-0.05, 0) is 43.9 Å². The van der Waals surface area contributed by atoms with Gasteiger partial charge >= 0.3 is 0 Å². The average molecular weight is 284 g/mol. The largest absolute Gasteiger partial charge is 0.488 e. The first-order valence-corrected chi connectivity index (χ1v) is 7.84. The third kappa shape index (κ3) is 3.01. The lowest BCUT2D eigenvalue weighted by molar-refractivity contribution is 0.211. The maximum atomic E-state index is 12.0. The molecular formula is C13H20N2O3S. The predicted molar refractivity (Wildman–Crippen MR) is 74.6 cm³/mol. The molecule has 106 valence electrons. The Hall–Kier alpha value is -1.27. The van der Waals surface area contributed by atoms with Crippen molar-refractivity contribution >= 4 is 15.7 Å². The lowest BCUT2D eigenvalue weighted by Crippen LogP contribution is -2.22. The van der Waals surface area contributed by atoms with E-state index in [1.165, 1.54) is 43.4 Å². The molecule has 0 radical (unpaired) electrons. The van der Waals surface area contributed by atoms with E-state index in [0.717, 1.165) is 12.8 Å². The Morgan fingerprint density at radius 2 is 1.89 bits per heavy atom. The minimum atomic E-state index is -3.45. The molecule has 0 aromatic heterocycles. The number of anilines is 1. The number of hydrogen-bond donors (Lipinski definition) is 1. The first-order chi connectivity index (χ1) is 8.91. The molecule has 0 heterocycles. The van der Waals surface area contributed by atoms with Gasteiger partial charge in [-0.2, -0.15) is 0 Å². The molecule has 1 aromatic carbocycles. The van der Waals surface area contributed by atoms with Gasteiger partial charge in [-0.3, -0.25) is 0 Å². The lowest BCUT2D eigenvalue weighted by Gasteiger charge is -2.16. The summed E-state index contributed by atoms with van der Waals surface area (Å²) in [6.45, 7) is 0. The fourth-order valence-electron chi connectivity index (χ4n) is 2.19. The van der Waals surface area contributed by atoms with E-state index in [-0.39, 0.29) is 11.0 Å². The molecule has 0 amide bonds. The Balaban J connectivity index is 2.22. The topological polar surface area (TPSA) is 72.6 Å². The van der Waals surface area contributed by atoms with Crippen molar-refractivity contribution in [1.29, 1.82) is 0 Å². The Kier molecular flexibility index (Phi) is 4.01. The van der Waals surface area contributed by atoms with Crippen LogP contribution in [0.25, 0.3) is 0 Å². The zero-order chi connectivity index (χ0) is 14.0. The number of ether oxygens (including phenoxy) is 1. The highest BCUT2D eigenvalue weighted by atomic mass is 32.2. The monoisotopic (exact) mass is 284 g/mol. The van der Waals surface area contributed by atoms with Gasteiger partial charge in [-0.15, -0.1) is 0 Å². The van der Waals surface area contributed by atoms with E-state index in [4.69, 9.17) is 10.5 Å². The van der Waals surface area contributed by atoms with Crippen LogP contribution >= 0.6 is 0 Å². The maximum absolute atomic E-state index is 12.0. The van der Waals surface area contributed by atoms with E-state index in [0.29, 0.717) is 11.4 Å². The fraction of sp³-hybridized carbons (Fsp3) is 0.538. The molecule has 0 unspecified atom stereocenters. The third-order valence-electron chi connectivity index (χ3n) is 3.36. The summed E-state index contributed by atoms with van der Waals surface area (Å²) in [5, 5.41) is 0. The Morgan fingerprint density at radius 3 is 2.42 bits per heavy atom. The second kappa shape index (κ2) is 5.38. The van der Waals surface area contributed by atoms with Crippen LogP contribution in [-0.4, -0.2) is 32.9 Å². The summed E-state index contributed by atoms with van der Waals surface area (Å²) in [7, 11) is -0.457. The van der Waals surface area contributed by atoms with Crippen molar-refractivity contribution in [2.24, 2.45) is 0 Å². The van der Waals surface area contributed by atoms with E-state index in [1.807, 2.05) is 0 Å². The predicted octanol–water partition coefficient (Wildman–Crippen LogP) is 1.84. The first-order valence-electron chi connectivity index (χ1n) is 6.40. The Morgan fingerprint density at radius 1 is 1.26 bits per heavy atom. The first kappa shape index (κ1) is 14.1. The van der Waals surface area contributed by atoms with E-state index < -0.39 is 10.0 Å². The number of nitrogens with zero attached hydrogens (tertiary/aromatic N) is 1. The minimum absolute atomic E-state index is 0.189. The highest BCUT2D eigenvalue weighted by Crippen LogP contribution is 2.30. The van der Waals surface area contributed by atoms with E-state index >= 15 is 0 Å². The third-order valence-corrected chi connectivity index (χ3v) is 5.17. The van der Waals surface area contributed by atoms with Gasteiger partial charge in [0.1, 0.15) is 5.75 Å². The molecule has 6 heteroatoms. The number of benzene rings is 1. The zero-order valence-corrected chi connectivity index (χ0v) is 12.1. The van der Waals surface area contributed by atoms with Crippen molar-refractivity contribution in [3.63, 3.8) is 0 Å². The van der Waals surface area contributed by atoms with Crippen LogP contribution in [-0.2, 0) is 10.0 Å². The molecule has 0 bridgehead atoms. The molecule has 19 heavy (non-hydrogen) atoms. The molecule has 1 fully saturated rings. The quantitative estimate of drug-likeness (QED) is 0.856. The highest BCUT2D eigenvalue weighted by Gasteiger charge is 2.21. The second-order valence-electron chi connectivity index (χ2n) is 5.01. The second-order valence-corrected chi connectivity index (χ2v) is 7.16. The van der Waals surface area contributed by atoms with Gasteiger partial charge < -0.3 is 10.5 Å². The van der Waals surface area contributed by atoms with Crippen LogP contribution < -0.4 is 10.5 Å². The Labute approximate surface area is 114 Å². The van der Waals surface area contributed by atoms with Crippen LogP contribution in [0.4, 0.5) is 5.69 Å². The van der Waals surface area contributed by atoms with Crippen LogP contribution in [0, 0.1) is 0 Å². The lowest BCUT2D eigenvalue weighted by atomic mass is 10.2. The Bertz CT molecular complexity index is 549. The number of nitrogens with two attached hydrogens (primary N) is 1. The fourth-order valence-corrected chi connectivity index (χ4v) is 3.13. The van der Waals surface area contributed by atoms with Crippen LogP contribution in [0.3, 0.4) is 0 Å². The molecule has 0 spiro atoms. The van der Waals surface area contributed by atoms with Gasteiger partial charge in [-0.1, -0.05) is 0 Å². The van der Waals surface area contributed by atoms with Crippen molar-refractivity contribution < 1.29 is 13.2 Å². The van der Waals surface area contributed by atoms with Gasteiger partial charge in [0.2, 0.25) is 10.0 Å². The average Bonchev–Trinajstić information content (AvgIpc) is 2.84. The maximum Gasteiger partial charge on any atom is 0.242 e. The van der Waals surface area contributed by atoms with Crippen LogP contribution in [0.1, 0.15) is 25.7 Å².